The van der Waals surface area contributed by atoms with E-state index in [-0.39, 0.29) is 0 Å². The Morgan fingerprint density at radius 2 is 1.55 bits per heavy atom. The number of benzene rings is 1. The number of rotatable bonds is 4. The third-order valence-corrected chi connectivity index (χ3v) is 5.56. The fourth-order valence-corrected chi connectivity index (χ4v) is 4.38. The van der Waals surface area contributed by atoms with Gasteiger partial charge < -0.3 is 32.8 Å². The minimum atomic E-state index is -0.874. The Labute approximate surface area is 180 Å². The second-order valence-corrected chi connectivity index (χ2v) is 8.84. The van der Waals surface area contributed by atoms with Crippen molar-refractivity contribution >= 4 is 5.97 Å². The van der Waals surface area contributed by atoms with Gasteiger partial charge in [-0.2, -0.15) is 0 Å². The summed E-state index contributed by atoms with van der Waals surface area (Å²) in [6.45, 7) is 7.30. The lowest BCUT2D eigenvalue weighted by atomic mass is 9.94. The van der Waals surface area contributed by atoms with Crippen LogP contribution in [-0.2, 0) is 28.4 Å². The summed E-state index contributed by atoms with van der Waals surface area (Å²) in [4.78, 5) is 12.9. The number of carbonyl (C=O) groups excluding carboxylic acids is 1. The molecular formula is C23H26O8. The molecule has 3 fully saturated rings. The van der Waals surface area contributed by atoms with Crippen molar-refractivity contribution < 1.29 is 37.6 Å². The topological polar surface area (TPSA) is 85.6 Å². The quantitative estimate of drug-likeness (QED) is 0.681. The monoisotopic (exact) mass is 430 g/mol. The van der Waals surface area contributed by atoms with E-state index < -0.39 is 54.4 Å². The molecule has 0 bridgehead atoms. The first-order valence-corrected chi connectivity index (χ1v) is 10.4. The Hall–Kier alpha value is -2.23. The largest absolute Gasteiger partial charge is 0.465 e. The van der Waals surface area contributed by atoms with Crippen LogP contribution in [0, 0.1) is 0 Å². The minimum Gasteiger partial charge on any atom is -0.465 e. The maximum absolute atomic E-state index is 12.9. The Morgan fingerprint density at radius 1 is 0.871 bits per heavy atom. The van der Waals surface area contributed by atoms with Crippen LogP contribution < -0.4 is 0 Å². The van der Waals surface area contributed by atoms with Gasteiger partial charge in [-0.05, 0) is 52.0 Å². The zero-order chi connectivity index (χ0) is 21.8. The summed E-state index contributed by atoms with van der Waals surface area (Å²) in [5, 5.41) is 0. The highest BCUT2D eigenvalue weighted by molar-refractivity contribution is 5.89. The van der Waals surface area contributed by atoms with Crippen molar-refractivity contribution in [3.05, 3.63) is 60.1 Å². The van der Waals surface area contributed by atoms with Crippen molar-refractivity contribution in [2.75, 3.05) is 0 Å². The first-order valence-electron chi connectivity index (χ1n) is 10.4. The van der Waals surface area contributed by atoms with Gasteiger partial charge in [0.15, 0.2) is 24.0 Å². The molecule has 8 heteroatoms. The maximum Gasteiger partial charge on any atom is 0.338 e. The molecule has 8 nitrogen and oxygen atoms in total. The molecule has 0 radical (unpaired) electrons. The molecule has 166 valence electrons. The van der Waals surface area contributed by atoms with Gasteiger partial charge in [0, 0.05) is 0 Å². The third kappa shape index (κ3) is 3.90. The summed E-state index contributed by atoms with van der Waals surface area (Å²) in [5.41, 5.74) is 0.426. The van der Waals surface area contributed by atoms with Crippen LogP contribution in [0.4, 0.5) is 0 Å². The van der Waals surface area contributed by atoms with Gasteiger partial charge in [-0.25, -0.2) is 4.79 Å². The molecule has 1 aromatic carbocycles. The van der Waals surface area contributed by atoms with Crippen LogP contribution in [0.5, 0.6) is 0 Å². The first-order chi connectivity index (χ1) is 14.7. The number of carbonyl (C=O) groups is 1. The van der Waals surface area contributed by atoms with Crippen molar-refractivity contribution in [3.63, 3.8) is 0 Å². The number of esters is 1. The Kier molecular flexibility index (Phi) is 4.95. The molecule has 31 heavy (non-hydrogen) atoms. The van der Waals surface area contributed by atoms with Crippen molar-refractivity contribution in [2.45, 2.75) is 76.1 Å². The van der Waals surface area contributed by atoms with Gasteiger partial charge in [0.1, 0.15) is 30.2 Å². The lowest BCUT2D eigenvalue weighted by Crippen LogP contribution is -2.57. The molecule has 5 rings (SSSR count). The highest BCUT2D eigenvalue weighted by Crippen LogP contribution is 2.47. The molecule has 0 saturated carbocycles. The average Bonchev–Trinajstić information content (AvgIpc) is 3.42. The molecule has 0 spiro atoms. The predicted octanol–water partition coefficient (Wildman–Crippen LogP) is 3.57. The fraction of sp³-hybridized carbons (Fsp3) is 0.522. The lowest BCUT2D eigenvalue weighted by Gasteiger charge is -2.39. The fourth-order valence-electron chi connectivity index (χ4n) is 4.38. The van der Waals surface area contributed by atoms with Crippen molar-refractivity contribution in [1.82, 2.24) is 0 Å². The minimum absolute atomic E-state index is 0.426. The van der Waals surface area contributed by atoms with Crippen LogP contribution in [0.1, 0.15) is 49.9 Å². The number of hydrogen-bond acceptors (Lipinski definition) is 8. The molecule has 3 aliphatic heterocycles. The zero-order valence-electron chi connectivity index (χ0n) is 17.8. The van der Waals surface area contributed by atoms with Gasteiger partial charge in [0.2, 0.25) is 0 Å². The molecule has 3 saturated heterocycles. The molecule has 6 atom stereocenters. The Bertz CT molecular complexity index is 922. The van der Waals surface area contributed by atoms with Crippen molar-refractivity contribution in [1.29, 1.82) is 0 Å². The summed E-state index contributed by atoms with van der Waals surface area (Å²) in [7, 11) is 0. The van der Waals surface area contributed by atoms with Gasteiger partial charge in [0.05, 0.1) is 11.8 Å². The molecule has 0 aliphatic carbocycles. The molecule has 0 N–H and O–H groups in total. The van der Waals surface area contributed by atoms with E-state index in [0.29, 0.717) is 11.3 Å². The number of furan rings is 1. The van der Waals surface area contributed by atoms with Gasteiger partial charge in [-0.1, -0.05) is 18.2 Å². The van der Waals surface area contributed by atoms with Crippen LogP contribution in [0.2, 0.25) is 0 Å². The van der Waals surface area contributed by atoms with E-state index in [0.717, 1.165) is 0 Å². The van der Waals surface area contributed by atoms with Crippen molar-refractivity contribution in [2.24, 2.45) is 0 Å². The van der Waals surface area contributed by atoms with Gasteiger partial charge in [-0.3, -0.25) is 0 Å². The molecule has 3 aliphatic rings. The van der Waals surface area contributed by atoms with E-state index in [1.165, 1.54) is 6.26 Å². The second-order valence-electron chi connectivity index (χ2n) is 8.84. The Morgan fingerprint density at radius 3 is 2.26 bits per heavy atom. The number of fused-ring (bicyclic) bond motifs is 3. The summed E-state index contributed by atoms with van der Waals surface area (Å²) >= 11 is 0. The second kappa shape index (κ2) is 7.43. The van der Waals surface area contributed by atoms with Crippen LogP contribution >= 0.6 is 0 Å². The lowest BCUT2D eigenvalue weighted by molar-refractivity contribution is -0.255. The normalized spacial score (nSPS) is 34.0. The summed E-state index contributed by atoms with van der Waals surface area (Å²) in [6.07, 6.45) is -2.28. The van der Waals surface area contributed by atoms with E-state index in [1.807, 2.05) is 33.8 Å². The first kappa shape index (κ1) is 20.7. The summed E-state index contributed by atoms with van der Waals surface area (Å²) in [6, 6.07) is 12.2. The van der Waals surface area contributed by atoms with Crippen molar-refractivity contribution in [3.8, 4) is 0 Å². The smallest absolute Gasteiger partial charge is 0.338 e. The maximum atomic E-state index is 12.9. The molecule has 0 unspecified atom stereocenters. The molecule has 4 heterocycles. The Balaban J connectivity index is 1.49. The van der Waals surface area contributed by atoms with Gasteiger partial charge in [-0.15, -0.1) is 0 Å². The van der Waals surface area contributed by atoms with E-state index >= 15 is 0 Å². The van der Waals surface area contributed by atoms with Crippen LogP contribution in [0.25, 0.3) is 0 Å². The van der Waals surface area contributed by atoms with E-state index in [9.17, 15) is 4.79 Å². The zero-order valence-corrected chi connectivity index (χ0v) is 17.8. The van der Waals surface area contributed by atoms with E-state index in [4.69, 9.17) is 32.8 Å². The highest BCUT2D eigenvalue weighted by Gasteiger charge is 2.62. The molecular weight excluding hydrogens is 404 g/mol. The van der Waals surface area contributed by atoms with Crippen LogP contribution in [0.3, 0.4) is 0 Å². The van der Waals surface area contributed by atoms with E-state index in [2.05, 4.69) is 0 Å². The van der Waals surface area contributed by atoms with Crippen LogP contribution in [-0.4, -0.2) is 48.2 Å². The molecule has 0 amide bonds. The average molecular weight is 430 g/mol. The SMILES string of the molecule is CC1(C)O[C@@H]2[C@H](O1)[C@H]1OC(C)(C)O[C@H]1O[C@@H]2[C@@H](OC(=O)c1ccccc1)c1ccco1. The number of hydrogen-bond donors (Lipinski definition) is 0. The molecule has 2 aromatic rings. The van der Waals surface area contributed by atoms with E-state index in [1.54, 1.807) is 36.4 Å². The van der Waals surface area contributed by atoms with Gasteiger partial charge >= 0.3 is 5.97 Å². The van der Waals surface area contributed by atoms with Gasteiger partial charge in [0.25, 0.3) is 0 Å². The summed E-state index contributed by atoms with van der Waals surface area (Å²) in [5.74, 6) is -1.76. The third-order valence-electron chi connectivity index (χ3n) is 5.56. The van der Waals surface area contributed by atoms with Crippen LogP contribution in [0.15, 0.2) is 53.1 Å². The highest BCUT2D eigenvalue weighted by atomic mass is 16.9. The predicted molar refractivity (Wildman–Crippen MR) is 106 cm³/mol. The summed E-state index contributed by atoms with van der Waals surface area (Å²) < 4.78 is 42.2. The standard InChI is InChI=1S/C23H26O8/c1-22(2)28-17-16(27-21-19(18(17)29-22)30-23(3,4)31-21)15(14-11-8-12-25-14)26-20(24)13-9-6-5-7-10-13/h5-12,15-19,21H,1-4H3/t15-,16+,17-,18-,19+,21+/m0/s1. The molecule has 1 aromatic heterocycles. The number of ether oxygens (including phenoxy) is 6.